The maximum Gasteiger partial charge on any atom is 0.481 e. The van der Waals surface area contributed by atoms with Crippen LogP contribution in [0.4, 0.5) is 5.82 Å². The largest absolute Gasteiger partial charge is 0.481 e. The van der Waals surface area contributed by atoms with Crippen LogP contribution in [0.5, 0.6) is 0 Å². The summed E-state index contributed by atoms with van der Waals surface area (Å²) in [6.45, 7) is 5.20. The molecule has 7 atom stereocenters. The molecule has 0 spiro atoms. The van der Waals surface area contributed by atoms with Crippen LogP contribution in [0.15, 0.2) is 24.8 Å². The Balaban J connectivity index is 1.49. The fourth-order valence-electron chi connectivity index (χ4n) is 4.63. The number of nitrogens with two attached hydrogens (primary N) is 1. The third kappa shape index (κ3) is 14.1. The highest BCUT2D eigenvalue weighted by Gasteiger charge is 2.50. The lowest BCUT2D eigenvalue weighted by atomic mass is 9.87. The van der Waals surface area contributed by atoms with Crippen LogP contribution in [0.2, 0.25) is 0 Å². The molecule has 2 aromatic rings. The summed E-state index contributed by atoms with van der Waals surface area (Å²) in [5.74, 6) is -1.76. The smallest absolute Gasteiger partial charge is 0.386 e. The minimum Gasteiger partial charge on any atom is -0.386 e. The number of nitrogen functional groups attached to an aromatic ring is 1. The summed E-state index contributed by atoms with van der Waals surface area (Å²) in [4.78, 5) is 98.7. The Kier molecular flexibility index (Phi) is 16.6. The summed E-state index contributed by atoms with van der Waals surface area (Å²) >= 11 is 0.854. The number of anilines is 1. The van der Waals surface area contributed by atoms with Gasteiger partial charge in [-0.3, -0.25) is 37.3 Å². The van der Waals surface area contributed by atoms with Gasteiger partial charge in [0.2, 0.25) is 11.8 Å². The zero-order valence-corrected chi connectivity index (χ0v) is 33.4. The van der Waals surface area contributed by atoms with Crippen molar-refractivity contribution in [1.29, 1.82) is 0 Å². The summed E-state index contributed by atoms with van der Waals surface area (Å²) in [6.07, 6.45) is -7.36. The van der Waals surface area contributed by atoms with E-state index in [2.05, 4.69) is 41.0 Å². The maximum atomic E-state index is 12.7. The fraction of sp³-hybridized carbons (Fsp3) is 0.593. The quantitative estimate of drug-likeness (QED) is 0.0302. The number of aromatic nitrogens is 4. The fourth-order valence-corrected chi connectivity index (χ4v) is 8.12. The number of imidazole rings is 1. The first-order valence-electron chi connectivity index (χ1n) is 16.1. The molecular weight excluding hydrogens is 835 g/mol. The van der Waals surface area contributed by atoms with E-state index in [4.69, 9.17) is 19.5 Å². The van der Waals surface area contributed by atoms with Gasteiger partial charge in [-0.25, -0.2) is 28.6 Å². The van der Waals surface area contributed by atoms with Crippen LogP contribution in [0.1, 0.15) is 39.8 Å². The molecule has 314 valence electrons. The standard InChI is InChI=1S/C27H42N7O18P3S/c1-14(2)15(35)9-18(37)56-8-7-29-17(36)5-6-30-25(40)22(39)27(3,4)11-49-55(46,47)52-54(44,45)48-10-16-21(51-53(41,42)43)20(38)26(50-16)34-13-33-19-23(28)31-12-32-24(19)34/h12-13,16,20-22,26,38-39H,1,5-11H2,2-4H3,(H,29,36)(H,30,40)(H,44,45)(H,46,47)(H2,28,31,32)(H2,41,42,43)/t16-,20-,21-,22+,26-/m1/s1. The highest BCUT2D eigenvalue weighted by atomic mass is 32.2. The van der Waals surface area contributed by atoms with Crippen LogP contribution in [0, 0.1) is 5.41 Å². The van der Waals surface area contributed by atoms with Gasteiger partial charge in [0.25, 0.3) is 0 Å². The van der Waals surface area contributed by atoms with Gasteiger partial charge >= 0.3 is 23.5 Å². The van der Waals surface area contributed by atoms with E-state index in [0.717, 1.165) is 29.0 Å². The number of thioether (sulfide) groups is 1. The van der Waals surface area contributed by atoms with Gasteiger partial charge in [0.05, 0.1) is 26.0 Å². The molecule has 2 unspecified atom stereocenters. The average Bonchev–Trinajstić information content (AvgIpc) is 3.64. The van der Waals surface area contributed by atoms with Crippen molar-refractivity contribution < 1.29 is 85.3 Å². The van der Waals surface area contributed by atoms with Crippen molar-refractivity contribution in [3.05, 3.63) is 24.8 Å². The Morgan fingerprint density at radius 3 is 2.38 bits per heavy atom. The molecule has 2 aromatic heterocycles. The van der Waals surface area contributed by atoms with Crippen molar-refractivity contribution in [1.82, 2.24) is 30.2 Å². The molecule has 1 aliphatic rings. The topological polar surface area (TPSA) is 381 Å². The first-order valence-corrected chi connectivity index (χ1v) is 21.6. The lowest BCUT2D eigenvalue weighted by molar-refractivity contribution is -0.137. The van der Waals surface area contributed by atoms with Crippen LogP contribution in [0.3, 0.4) is 0 Å². The number of aliphatic hydroxyl groups excluding tert-OH is 2. The Morgan fingerprint density at radius 2 is 1.73 bits per heavy atom. The number of amides is 2. The van der Waals surface area contributed by atoms with E-state index in [9.17, 15) is 62.7 Å². The molecule has 0 bridgehead atoms. The second kappa shape index (κ2) is 19.6. The van der Waals surface area contributed by atoms with E-state index in [-0.39, 0.29) is 65.1 Å². The van der Waals surface area contributed by atoms with E-state index >= 15 is 0 Å². The minimum atomic E-state index is -5.58. The number of carbonyl (C=O) groups is 4. The first-order chi connectivity index (χ1) is 25.8. The number of phosphoric ester groups is 3. The molecule has 0 saturated carbocycles. The number of phosphoric acid groups is 3. The first kappa shape index (κ1) is 47.3. The number of ketones is 1. The lowest BCUT2D eigenvalue weighted by Crippen LogP contribution is -2.46. The summed E-state index contributed by atoms with van der Waals surface area (Å²) < 4.78 is 62.0. The molecule has 25 nitrogen and oxygen atoms in total. The number of Topliss-reactive ketones (excluding diaryl/α,β-unsaturated/α-hetero) is 1. The Labute approximate surface area is 322 Å². The summed E-state index contributed by atoms with van der Waals surface area (Å²) in [7, 11) is -16.4. The van der Waals surface area contributed by atoms with Crippen molar-refractivity contribution in [2.24, 2.45) is 5.41 Å². The molecule has 1 saturated heterocycles. The molecule has 10 N–H and O–H groups in total. The molecule has 0 radical (unpaired) electrons. The van der Waals surface area contributed by atoms with E-state index < -0.39 is 84.6 Å². The van der Waals surface area contributed by atoms with Crippen LogP contribution in [0.25, 0.3) is 11.2 Å². The van der Waals surface area contributed by atoms with Gasteiger partial charge < -0.3 is 50.9 Å². The molecule has 1 aliphatic heterocycles. The van der Waals surface area contributed by atoms with Crippen LogP contribution in [-0.2, 0) is 55.5 Å². The van der Waals surface area contributed by atoms with Crippen molar-refractivity contribution in [2.75, 3.05) is 37.8 Å². The zero-order chi connectivity index (χ0) is 42.2. The molecule has 29 heteroatoms. The minimum absolute atomic E-state index is 0.0223. The van der Waals surface area contributed by atoms with Gasteiger partial charge in [0, 0.05) is 30.7 Å². The number of aliphatic hydroxyl groups is 2. The Hall–Kier alpha value is -3.03. The molecular formula is C27H42N7O18P3S. The van der Waals surface area contributed by atoms with Crippen LogP contribution >= 0.6 is 35.2 Å². The number of ether oxygens (including phenoxy) is 1. The second-order valence-corrected chi connectivity index (χ2v) is 18.1. The maximum absolute atomic E-state index is 12.7. The summed E-state index contributed by atoms with van der Waals surface area (Å²) in [5.41, 5.74) is 4.47. The Morgan fingerprint density at radius 1 is 1.07 bits per heavy atom. The number of fused-ring (bicyclic) bond motifs is 1. The Bertz CT molecular complexity index is 1930. The predicted molar refractivity (Wildman–Crippen MR) is 192 cm³/mol. The number of nitrogens with zero attached hydrogens (tertiary/aromatic N) is 4. The third-order valence-corrected chi connectivity index (χ3v) is 11.5. The molecule has 2 amide bonds. The van der Waals surface area contributed by atoms with Gasteiger partial charge in [0.1, 0.15) is 36.3 Å². The van der Waals surface area contributed by atoms with Gasteiger partial charge in [-0.1, -0.05) is 32.2 Å². The van der Waals surface area contributed by atoms with Gasteiger partial charge in [-0.2, -0.15) is 4.31 Å². The SMILES string of the molecule is C=C(C)C(=O)CC(=O)SCCNC(=O)CCNC(=O)[C@H](O)C(C)(C)COP(=O)(O)OP(=O)(O)OC[C@H]1O[C@@H](n2cnc3c(N)ncnc32)[C@H](O)[C@@H]1OP(=O)(O)O. The highest BCUT2D eigenvalue weighted by Crippen LogP contribution is 2.61. The molecule has 3 rings (SSSR count). The van der Waals surface area contributed by atoms with Crippen LogP contribution < -0.4 is 16.4 Å². The van der Waals surface area contributed by atoms with E-state index in [0.29, 0.717) is 0 Å². The molecule has 56 heavy (non-hydrogen) atoms. The summed E-state index contributed by atoms with van der Waals surface area (Å²) in [5, 5.41) is 25.8. The molecule has 1 fully saturated rings. The number of rotatable bonds is 22. The number of hydrogen-bond acceptors (Lipinski definition) is 19. The number of carbonyl (C=O) groups excluding carboxylic acids is 4. The van der Waals surface area contributed by atoms with Crippen molar-refractivity contribution in [2.45, 2.75) is 64.3 Å². The highest BCUT2D eigenvalue weighted by molar-refractivity contribution is 8.13. The lowest BCUT2D eigenvalue weighted by Gasteiger charge is -2.30. The number of hydrogen-bond donors (Lipinski definition) is 9. The number of nitrogens with one attached hydrogen (secondary N) is 2. The summed E-state index contributed by atoms with van der Waals surface area (Å²) in [6, 6.07) is 0. The molecule has 0 aromatic carbocycles. The molecule has 0 aliphatic carbocycles. The van der Waals surface area contributed by atoms with Crippen LogP contribution in [-0.4, -0.2) is 128 Å². The monoisotopic (exact) mass is 877 g/mol. The predicted octanol–water partition coefficient (Wildman–Crippen LogP) is -0.800. The zero-order valence-electron chi connectivity index (χ0n) is 29.9. The van der Waals surface area contributed by atoms with E-state index in [1.807, 2.05) is 0 Å². The third-order valence-electron chi connectivity index (χ3n) is 7.55. The molecule has 3 heterocycles. The van der Waals surface area contributed by atoms with Crippen molar-refractivity contribution >= 4 is 74.9 Å². The van der Waals surface area contributed by atoms with Gasteiger partial charge in [-0.15, -0.1) is 0 Å². The van der Waals surface area contributed by atoms with Crippen molar-refractivity contribution in [3.63, 3.8) is 0 Å². The van der Waals surface area contributed by atoms with Crippen molar-refractivity contribution in [3.8, 4) is 0 Å². The van der Waals surface area contributed by atoms with E-state index in [1.54, 1.807) is 0 Å². The number of allylic oxidation sites excluding steroid dienone is 1. The average molecular weight is 878 g/mol. The normalized spacial score (nSPS) is 21.5. The van der Waals surface area contributed by atoms with Gasteiger partial charge in [0.15, 0.2) is 28.6 Å². The second-order valence-electron chi connectivity index (χ2n) is 12.7. The van der Waals surface area contributed by atoms with Gasteiger partial charge in [-0.05, 0) is 12.5 Å². The van der Waals surface area contributed by atoms with E-state index in [1.165, 1.54) is 20.8 Å².